The highest BCUT2D eigenvalue weighted by atomic mass is 35.5. The highest BCUT2D eigenvalue weighted by Gasteiger charge is 2.34. The van der Waals surface area contributed by atoms with Gasteiger partial charge in [0.2, 0.25) is 11.8 Å². The number of sulfonamides is 1. The minimum Gasteiger partial charge on any atom is -0.352 e. The maximum Gasteiger partial charge on any atom is 0.264 e. The molecule has 43 heavy (non-hydrogen) atoms. The quantitative estimate of drug-likeness (QED) is 0.246. The maximum atomic E-state index is 14.2. The molecule has 3 aromatic rings. The first-order valence-electron chi connectivity index (χ1n) is 14.3. The van der Waals surface area contributed by atoms with Gasteiger partial charge < -0.3 is 10.2 Å². The number of carbonyl (C=O) groups excluding carboxylic acids is 2. The Balaban J connectivity index is 1.72. The molecule has 7 nitrogen and oxygen atoms in total. The number of amides is 2. The molecule has 2 amide bonds. The van der Waals surface area contributed by atoms with Crippen molar-refractivity contribution < 1.29 is 18.0 Å². The predicted octanol–water partition coefficient (Wildman–Crippen LogP) is 7.33. The zero-order valence-electron chi connectivity index (χ0n) is 24.4. The van der Waals surface area contributed by atoms with Crippen LogP contribution in [-0.2, 0) is 26.2 Å². The number of anilines is 1. The van der Waals surface area contributed by atoms with Crippen molar-refractivity contribution in [3.8, 4) is 0 Å². The van der Waals surface area contributed by atoms with Crippen LogP contribution in [0.25, 0.3) is 0 Å². The van der Waals surface area contributed by atoms with Gasteiger partial charge in [0.05, 0.1) is 20.6 Å². The molecule has 0 bridgehead atoms. The molecule has 1 unspecified atom stereocenters. The fraction of sp³-hybridized carbons (Fsp3) is 0.375. The van der Waals surface area contributed by atoms with Gasteiger partial charge in [-0.1, -0.05) is 83.9 Å². The number of rotatable bonds is 10. The fourth-order valence-corrected chi connectivity index (χ4v) is 7.16. The van der Waals surface area contributed by atoms with E-state index in [0.29, 0.717) is 26.2 Å². The topological polar surface area (TPSA) is 86.8 Å². The Labute approximate surface area is 269 Å². The maximum absolute atomic E-state index is 14.2. The number of hydrogen-bond donors (Lipinski definition) is 1. The molecule has 0 heterocycles. The third kappa shape index (κ3) is 8.04. The molecule has 11 heteroatoms. The number of nitrogens with zero attached hydrogens (tertiary/aromatic N) is 2. The van der Waals surface area contributed by atoms with Crippen molar-refractivity contribution in [2.45, 2.75) is 76.4 Å². The zero-order valence-corrected chi connectivity index (χ0v) is 27.5. The van der Waals surface area contributed by atoms with E-state index in [2.05, 4.69) is 5.32 Å². The van der Waals surface area contributed by atoms with Crippen molar-refractivity contribution in [1.82, 2.24) is 10.2 Å². The van der Waals surface area contributed by atoms with E-state index in [9.17, 15) is 18.0 Å². The highest BCUT2D eigenvalue weighted by Crippen LogP contribution is 2.32. The van der Waals surface area contributed by atoms with Gasteiger partial charge in [-0.15, -0.1) is 0 Å². The molecule has 1 aliphatic carbocycles. The van der Waals surface area contributed by atoms with Gasteiger partial charge in [0.15, 0.2) is 0 Å². The Morgan fingerprint density at radius 1 is 0.907 bits per heavy atom. The molecule has 1 aliphatic rings. The van der Waals surface area contributed by atoms with E-state index in [0.717, 1.165) is 42.0 Å². The van der Waals surface area contributed by atoms with Crippen LogP contribution in [0.4, 0.5) is 5.69 Å². The summed E-state index contributed by atoms with van der Waals surface area (Å²) >= 11 is 18.8. The van der Waals surface area contributed by atoms with Crippen LogP contribution in [0.3, 0.4) is 0 Å². The van der Waals surface area contributed by atoms with Gasteiger partial charge in [0.1, 0.15) is 12.6 Å². The molecule has 1 atom stereocenters. The molecule has 4 rings (SSSR count). The van der Waals surface area contributed by atoms with Crippen LogP contribution in [0.2, 0.25) is 15.1 Å². The summed E-state index contributed by atoms with van der Waals surface area (Å²) in [6.07, 6.45) is 4.98. The second-order valence-electron chi connectivity index (χ2n) is 11.0. The lowest BCUT2D eigenvalue weighted by atomic mass is 9.95. The Hall–Kier alpha value is -2.78. The van der Waals surface area contributed by atoms with Crippen molar-refractivity contribution in [1.29, 1.82) is 0 Å². The smallest absolute Gasteiger partial charge is 0.264 e. The van der Waals surface area contributed by atoms with E-state index >= 15 is 0 Å². The molecule has 1 N–H and O–H groups in total. The summed E-state index contributed by atoms with van der Waals surface area (Å²) in [5, 5.41) is 4.13. The van der Waals surface area contributed by atoms with Crippen molar-refractivity contribution in [3.05, 3.63) is 92.4 Å². The van der Waals surface area contributed by atoms with Crippen LogP contribution in [0.15, 0.2) is 65.6 Å². The van der Waals surface area contributed by atoms with Crippen molar-refractivity contribution >= 4 is 62.3 Å². The zero-order chi connectivity index (χ0) is 31.3. The summed E-state index contributed by atoms with van der Waals surface area (Å²) in [6, 6.07) is 15.5. The summed E-state index contributed by atoms with van der Waals surface area (Å²) in [5.41, 5.74) is 2.32. The Morgan fingerprint density at radius 2 is 1.58 bits per heavy atom. The summed E-state index contributed by atoms with van der Waals surface area (Å²) in [4.78, 5) is 29.1. The minimum absolute atomic E-state index is 0.0158. The average Bonchev–Trinajstić information content (AvgIpc) is 2.98. The van der Waals surface area contributed by atoms with E-state index < -0.39 is 28.5 Å². The molecule has 0 radical (unpaired) electrons. The number of nitrogens with one attached hydrogen (secondary N) is 1. The molecular weight excluding hydrogens is 629 g/mol. The average molecular weight is 665 g/mol. The van der Waals surface area contributed by atoms with Crippen LogP contribution in [-0.4, -0.2) is 43.8 Å². The second kappa shape index (κ2) is 14.3. The summed E-state index contributed by atoms with van der Waals surface area (Å²) in [5.74, 6) is -0.861. The van der Waals surface area contributed by atoms with Gasteiger partial charge in [-0.2, -0.15) is 0 Å². The van der Waals surface area contributed by atoms with E-state index in [1.165, 1.54) is 17.0 Å². The van der Waals surface area contributed by atoms with E-state index in [1.54, 1.807) is 62.4 Å². The Bertz CT molecular complexity index is 1580. The predicted molar refractivity (Wildman–Crippen MR) is 173 cm³/mol. The summed E-state index contributed by atoms with van der Waals surface area (Å²) in [7, 11) is -4.20. The Morgan fingerprint density at radius 3 is 2.23 bits per heavy atom. The van der Waals surface area contributed by atoms with Crippen LogP contribution in [0.5, 0.6) is 0 Å². The molecular formula is C32H36Cl3N3O4S. The first-order chi connectivity index (χ1) is 20.4. The lowest BCUT2D eigenvalue weighted by Crippen LogP contribution is -2.53. The largest absolute Gasteiger partial charge is 0.352 e. The van der Waals surface area contributed by atoms with Crippen LogP contribution in [0.1, 0.15) is 55.7 Å². The lowest BCUT2D eigenvalue weighted by Gasteiger charge is -2.33. The number of carbonyl (C=O) groups is 2. The first-order valence-corrected chi connectivity index (χ1v) is 16.8. The third-order valence-corrected chi connectivity index (χ3v) is 10.8. The molecule has 1 saturated carbocycles. The van der Waals surface area contributed by atoms with Crippen LogP contribution < -0.4 is 9.62 Å². The SMILES string of the molecule is Cc1ccc(S(=O)(=O)N(CC(=O)N(Cc2ccc(Cl)c(Cl)c2)C(C)C(=O)NC2CCCCC2)c2cccc(Cl)c2C)cc1. The Kier molecular flexibility index (Phi) is 11.0. The number of halogens is 3. The van der Waals surface area contributed by atoms with E-state index in [4.69, 9.17) is 34.8 Å². The van der Waals surface area contributed by atoms with E-state index in [-0.39, 0.29) is 29.1 Å². The van der Waals surface area contributed by atoms with Crippen LogP contribution in [0, 0.1) is 13.8 Å². The number of hydrogen-bond acceptors (Lipinski definition) is 4. The van der Waals surface area contributed by atoms with Gasteiger partial charge >= 0.3 is 0 Å². The number of benzene rings is 3. The van der Waals surface area contributed by atoms with Gasteiger partial charge in [0, 0.05) is 17.6 Å². The monoisotopic (exact) mass is 663 g/mol. The van der Waals surface area contributed by atoms with Gasteiger partial charge in [-0.05, 0) is 81.1 Å². The van der Waals surface area contributed by atoms with E-state index in [1.807, 2.05) is 6.92 Å². The molecule has 230 valence electrons. The van der Waals surface area contributed by atoms with Crippen LogP contribution >= 0.6 is 34.8 Å². The van der Waals surface area contributed by atoms with Gasteiger partial charge in [-0.3, -0.25) is 13.9 Å². The lowest BCUT2D eigenvalue weighted by molar-refractivity contribution is -0.139. The minimum atomic E-state index is -4.20. The fourth-order valence-electron chi connectivity index (χ4n) is 5.20. The summed E-state index contributed by atoms with van der Waals surface area (Å²) in [6.45, 7) is 4.67. The number of aryl methyl sites for hydroxylation is 1. The molecule has 1 fully saturated rings. The second-order valence-corrected chi connectivity index (χ2v) is 14.1. The molecule has 0 spiro atoms. The standard InChI is InChI=1S/C32H36Cl3N3O4S/c1-21-12-15-26(16-13-21)43(41,42)38(30-11-7-10-27(33)22(30)2)20-31(39)37(19-24-14-17-28(34)29(35)18-24)23(3)32(40)36-25-8-5-4-6-9-25/h7,10-18,23,25H,4-6,8-9,19-20H2,1-3H3,(H,36,40). The summed E-state index contributed by atoms with van der Waals surface area (Å²) < 4.78 is 29.2. The molecule has 0 saturated heterocycles. The molecule has 0 aromatic heterocycles. The van der Waals surface area contributed by atoms with Gasteiger partial charge in [0.25, 0.3) is 10.0 Å². The normalized spacial score (nSPS) is 14.7. The molecule has 3 aromatic carbocycles. The molecule has 0 aliphatic heterocycles. The van der Waals surface area contributed by atoms with Crippen molar-refractivity contribution in [2.75, 3.05) is 10.8 Å². The third-order valence-electron chi connectivity index (χ3n) is 7.85. The van der Waals surface area contributed by atoms with Crippen molar-refractivity contribution in [3.63, 3.8) is 0 Å². The first kappa shape index (κ1) is 33.1. The van der Waals surface area contributed by atoms with Crippen molar-refractivity contribution in [2.24, 2.45) is 0 Å². The van der Waals surface area contributed by atoms with Gasteiger partial charge in [-0.25, -0.2) is 8.42 Å². The highest BCUT2D eigenvalue weighted by molar-refractivity contribution is 7.92.